The van der Waals surface area contributed by atoms with Crippen molar-refractivity contribution in [1.29, 1.82) is 0 Å². The highest BCUT2D eigenvalue weighted by Gasteiger charge is 2.15. The SMILES string of the molecule is O=C(O)c1cnn(Cc2cc(F)ccc2[N+](=O)[O-])c1. The molecule has 2 aromatic rings. The summed E-state index contributed by atoms with van der Waals surface area (Å²) in [6.45, 7) is -0.0820. The number of hydrogen-bond acceptors (Lipinski definition) is 4. The van der Waals surface area contributed by atoms with Crippen LogP contribution in [0.4, 0.5) is 10.1 Å². The quantitative estimate of drug-likeness (QED) is 0.669. The minimum absolute atomic E-state index is 0.0425. The number of halogens is 1. The van der Waals surface area contributed by atoms with E-state index in [4.69, 9.17) is 5.11 Å². The van der Waals surface area contributed by atoms with Gasteiger partial charge in [-0.2, -0.15) is 5.10 Å². The number of hydrogen-bond donors (Lipinski definition) is 1. The number of benzene rings is 1. The van der Waals surface area contributed by atoms with Gasteiger partial charge in [-0.25, -0.2) is 9.18 Å². The van der Waals surface area contributed by atoms with E-state index in [9.17, 15) is 19.3 Å². The van der Waals surface area contributed by atoms with E-state index in [-0.39, 0.29) is 23.4 Å². The molecule has 19 heavy (non-hydrogen) atoms. The molecule has 1 aromatic carbocycles. The van der Waals surface area contributed by atoms with E-state index in [1.54, 1.807) is 0 Å². The second-order valence-electron chi connectivity index (χ2n) is 3.76. The van der Waals surface area contributed by atoms with E-state index in [1.165, 1.54) is 10.9 Å². The Labute approximate surface area is 106 Å². The molecule has 98 valence electrons. The molecule has 1 heterocycles. The van der Waals surface area contributed by atoms with Gasteiger partial charge in [-0.05, 0) is 12.1 Å². The minimum atomic E-state index is -1.15. The van der Waals surface area contributed by atoms with Gasteiger partial charge in [0.1, 0.15) is 5.82 Å². The van der Waals surface area contributed by atoms with E-state index in [1.807, 2.05) is 0 Å². The van der Waals surface area contributed by atoms with E-state index in [0.29, 0.717) is 0 Å². The minimum Gasteiger partial charge on any atom is -0.478 e. The molecule has 0 aliphatic heterocycles. The van der Waals surface area contributed by atoms with Crippen LogP contribution in [-0.4, -0.2) is 25.8 Å². The second-order valence-corrected chi connectivity index (χ2v) is 3.76. The molecule has 0 fully saturated rings. The van der Waals surface area contributed by atoms with Gasteiger partial charge in [0.05, 0.1) is 28.8 Å². The van der Waals surface area contributed by atoms with Crippen molar-refractivity contribution in [2.45, 2.75) is 6.54 Å². The second kappa shape index (κ2) is 4.84. The molecule has 0 saturated heterocycles. The van der Waals surface area contributed by atoms with Crippen LogP contribution in [0, 0.1) is 15.9 Å². The van der Waals surface area contributed by atoms with E-state index >= 15 is 0 Å². The van der Waals surface area contributed by atoms with Crippen LogP contribution in [0.15, 0.2) is 30.6 Å². The van der Waals surface area contributed by atoms with Gasteiger partial charge in [-0.3, -0.25) is 14.8 Å². The molecule has 8 heteroatoms. The van der Waals surface area contributed by atoms with Crippen molar-refractivity contribution in [2.24, 2.45) is 0 Å². The molecule has 0 aliphatic carbocycles. The van der Waals surface area contributed by atoms with Crippen molar-refractivity contribution < 1.29 is 19.2 Å². The average Bonchev–Trinajstić information content (AvgIpc) is 2.77. The van der Waals surface area contributed by atoms with Crippen LogP contribution in [0.1, 0.15) is 15.9 Å². The van der Waals surface area contributed by atoms with Crippen molar-refractivity contribution in [3.05, 3.63) is 57.7 Å². The van der Waals surface area contributed by atoms with Crippen molar-refractivity contribution in [3.63, 3.8) is 0 Å². The highest BCUT2D eigenvalue weighted by molar-refractivity contribution is 5.86. The lowest BCUT2D eigenvalue weighted by atomic mass is 10.2. The largest absolute Gasteiger partial charge is 0.478 e. The maximum atomic E-state index is 13.1. The molecular formula is C11H8FN3O4. The fourth-order valence-electron chi connectivity index (χ4n) is 1.59. The van der Waals surface area contributed by atoms with Crippen molar-refractivity contribution in [3.8, 4) is 0 Å². The number of carboxylic acids is 1. The normalized spacial score (nSPS) is 10.4. The summed E-state index contributed by atoms with van der Waals surface area (Å²) in [5, 5.41) is 23.3. The van der Waals surface area contributed by atoms with Crippen LogP contribution in [0.5, 0.6) is 0 Å². The van der Waals surface area contributed by atoms with Crippen molar-refractivity contribution in [2.75, 3.05) is 0 Å². The van der Waals surface area contributed by atoms with Gasteiger partial charge in [0.25, 0.3) is 5.69 Å². The van der Waals surface area contributed by atoms with Crippen LogP contribution in [-0.2, 0) is 6.54 Å². The fraction of sp³-hybridized carbons (Fsp3) is 0.0909. The van der Waals surface area contributed by atoms with E-state index in [2.05, 4.69) is 5.10 Å². The van der Waals surface area contributed by atoms with Gasteiger partial charge in [-0.1, -0.05) is 0 Å². The van der Waals surface area contributed by atoms with Gasteiger partial charge >= 0.3 is 5.97 Å². The van der Waals surface area contributed by atoms with Gasteiger partial charge in [0, 0.05) is 12.3 Å². The third-order valence-corrected chi connectivity index (χ3v) is 2.45. The molecule has 0 aliphatic rings. The van der Waals surface area contributed by atoms with Gasteiger partial charge < -0.3 is 5.11 Å². The summed E-state index contributed by atoms with van der Waals surface area (Å²) in [7, 11) is 0. The Kier molecular flexibility index (Phi) is 3.23. The van der Waals surface area contributed by atoms with Gasteiger partial charge in [0.15, 0.2) is 0 Å². The Morgan fingerprint density at radius 3 is 2.84 bits per heavy atom. The summed E-state index contributed by atoms with van der Waals surface area (Å²) < 4.78 is 14.3. The fourth-order valence-corrected chi connectivity index (χ4v) is 1.59. The Morgan fingerprint density at radius 2 is 2.26 bits per heavy atom. The zero-order valence-corrected chi connectivity index (χ0v) is 9.49. The first-order valence-electron chi connectivity index (χ1n) is 5.16. The summed E-state index contributed by atoms with van der Waals surface area (Å²) >= 11 is 0. The molecule has 2 rings (SSSR count). The smallest absolute Gasteiger partial charge is 0.338 e. The van der Waals surface area contributed by atoms with Gasteiger partial charge in [0.2, 0.25) is 0 Å². The zero-order chi connectivity index (χ0) is 14.0. The maximum absolute atomic E-state index is 13.1. The lowest BCUT2D eigenvalue weighted by Gasteiger charge is -2.03. The van der Waals surface area contributed by atoms with Crippen molar-refractivity contribution >= 4 is 11.7 Å². The third kappa shape index (κ3) is 2.73. The Hall–Kier alpha value is -2.77. The van der Waals surface area contributed by atoms with Crippen LogP contribution < -0.4 is 0 Å². The summed E-state index contributed by atoms with van der Waals surface area (Å²) in [6, 6.07) is 3.08. The number of nitro groups is 1. The first-order valence-corrected chi connectivity index (χ1v) is 5.16. The molecule has 0 amide bonds. The number of rotatable bonds is 4. The molecular weight excluding hydrogens is 257 g/mol. The first-order chi connectivity index (χ1) is 8.97. The monoisotopic (exact) mass is 265 g/mol. The average molecular weight is 265 g/mol. The first kappa shape index (κ1) is 12.7. The molecule has 0 unspecified atom stereocenters. The topological polar surface area (TPSA) is 98.3 Å². The Bertz CT molecular complexity index is 653. The van der Waals surface area contributed by atoms with Crippen LogP contribution in [0.2, 0.25) is 0 Å². The molecule has 0 atom stereocenters. The van der Waals surface area contributed by atoms with Crippen molar-refractivity contribution in [1.82, 2.24) is 9.78 Å². The zero-order valence-electron chi connectivity index (χ0n) is 9.49. The molecule has 0 radical (unpaired) electrons. The summed E-state index contributed by atoms with van der Waals surface area (Å²) in [4.78, 5) is 20.8. The van der Waals surface area contributed by atoms with Crippen LogP contribution >= 0.6 is 0 Å². The maximum Gasteiger partial charge on any atom is 0.338 e. The molecule has 1 aromatic heterocycles. The number of nitro benzene ring substituents is 1. The summed E-state index contributed by atoms with van der Waals surface area (Å²) in [6.07, 6.45) is 2.34. The van der Waals surface area contributed by atoms with Crippen LogP contribution in [0.25, 0.3) is 0 Å². The van der Waals surface area contributed by atoms with Crippen LogP contribution in [0.3, 0.4) is 0 Å². The van der Waals surface area contributed by atoms with E-state index in [0.717, 1.165) is 24.4 Å². The summed E-state index contributed by atoms with van der Waals surface area (Å²) in [5.41, 5.74) is -0.169. The molecule has 7 nitrogen and oxygen atoms in total. The predicted octanol–water partition coefficient (Wildman–Crippen LogP) is 1.68. The number of aromatic nitrogens is 2. The number of carbonyl (C=O) groups is 1. The lowest BCUT2D eigenvalue weighted by Crippen LogP contribution is -2.04. The molecule has 1 N–H and O–H groups in total. The Balaban J connectivity index is 2.33. The number of carboxylic acid groups (broad SMARTS) is 1. The number of aromatic carboxylic acids is 1. The lowest BCUT2D eigenvalue weighted by molar-refractivity contribution is -0.385. The summed E-state index contributed by atoms with van der Waals surface area (Å²) in [5.74, 6) is -1.76. The third-order valence-electron chi connectivity index (χ3n) is 2.45. The highest BCUT2D eigenvalue weighted by Crippen LogP contribution is 2.20. The van der Waals surface area contributed by atoms with E-state index < -0.39 is 16.7 Å². The molecule has 0 spiro atoms. The molecule has 0 bridgehead atoms. The Morgan fingerprint density at radius 1 is 1.53 bits per heavy atom. The predicted molar refractivity (Wildman–Crippen MR) is 61.3 cm³/mol. The van der Waals surface area contributed by atoms with Gasteiger partial charge in [-0.15, -0.1) is 0 Å². The standard InChI is InChI=1S/C11H8FN3O4/c12-9-1-2-10(15(18)19)7(3-9)5-14-6-8(4-13-14)11(16)17/h1-4,6H,5H2,(H,16,17). The highest BCUT2D eigenvalue weighted by atomic mass is 19.1. The number of nitrogens with zero attached hydrogens (tertiary/aromatic N) is 3. The molecule has 0 saturated carbocycles.